The smallest absolute Gasteiger partial charge is 0.134 e. The molecule has 3 rings (SSSR count). The average Bonchev–Trinajstić information content (AvgIpc) is 2.26. The van der Waals surface area contributed by atoms with E-state index < -0.39 is 0 Å². The molecule has 98 valence electrons. The van der Waals surface area contributed by atoms with Gasteiger partial charge in [-0.3, -0.25) is 0 Å². The van der Waals surface area contributed by atoms with Gasteiger partial charge in [0.05, 0.1) is 0 Å². The summed E-state index contributed by atoms with van der Waals surface area (Å²) in [6, 6.07) is 2.18. The van der Waals surface area contributed by atoms with Crippen molar-refractivity contribution in [2.45, 2.75) is 31.6 Å². The fourth-order valence-corrected chi connectivity index (χ4v) is 2.89. The van der Waals surface area contributed by atoms with E-state index >= 15 is 0 Å². The number of aryl methyl sites for hydroxylation is 1. The van der Waals surface area contributed by atoms with Crippen LogP contribution in [0.15, 0.2) is 6.07 Å². The van der Waals surface area contributed by atoms with Crippen molar-refractivity contribution < 1.29 is 0 Å². The Morgan fingerprint density at radius 3 is 2.78 bits per heavy atom. The average molecular weight is 246 g/mol. The number of hydrogen-bond acceptors (Lipinski definition) is 4. The fourth-order valence-electron chi connectivity index (χ4n) is 2.89. The van der Waals surface area contributed by atoms with Gasteiger partial charge in [0.25, 0.3) is 0 Å². The first-order chi connectivity index (χ1) is 8.72. The molecule has 1 aromatic heterocycles. The fraction of sp³-hybridized carbons (Fsp3) is 0.714. The van der Waals surface area contributed by atoms with Crippen LogP contribution < -0.4 is 5.32 Å². The monoisotopic (exact) mass is 246 g/mol. The van der Waals surface area contributed by atoms with E-state index in [1.54, 1.807) is 0 Å². The SMILES string of the molecule is Cc1cc(C2CCCN(C)C2)nc(C2CNC2)n1. The highest BCUT2D eigenvalue weighted by Gasteiger charge is 2.25. The van der Waals surface area contributed by atoms with Gasteiger partial charge in [0.1, 0.15) is 5.82 Å². The van der Waals surface area contributed by atoms with Crippen LogP contribution in [0.1, 0.15) is 41.9 Å². The van der Waals surface area contributed by atoms with Gasteiger partial charge in [-0.1, -0.05) is 0 Å². The summed E-state index contributed by atoms with van der Waals surface area (Å²) in [5, 5.41) is 3.30. The number of likely N-dealkylation sites (tertiary alicyclic amines) is 1. The number of rotatable bonds is 2. The minimum atomic E-state index is 0.532. The quantitative estimate of drug-likeness (QED) is 0.853. The van der Waals surface area contributed by atoms with Crippen molar-refractivity contribution in [1.29, 1.82) is 0 Å². The van der Waals surface area contributed by atoms with Crippen LogP contribution in [0.2, 0.25) is 0 Å². The lowest BCUT2D eigenvalue weighted by Gasteiger charge is -2.31. The Labute approximate surface area is 109 Å². The summed E-state index contributed by atoms with van der Waals surface area (Å²) in [4.78, 5) is 11.9. The molecule has 0 aliphatic carbocycles. The summed E-state index contributed by atoms with van der Waals surface area (Å²) in [5.41, 5.74) is 2.38. The molecule has 2 aliphatic heterocycles. The molecule has 2 fully saturated rings. The molecule has 1 aromatic rings. The second kappa shape index (κ2) is 4.94. The third-order valence-corrected chi connectivity index (χ3v) is 4.08. The van der Waals surface area contributed by atoms with E-state index in [9.17, 15) is 0 Å². The van der Waals surface area contributed by atoms with Crippen LogP contribution in [0.25, 0.3) is 0 Å². The molecular formula is C14H22N4. The number of piperidine rings is 1. The van der Waals surface area contributed by atoms with E-state index in [2.05, 4.69) is 35.2 Å². The maximum atomic E-state index is 4.84. The Kier molecular flexibility index (Phi) is 3.31. The van der Waals surface area contributed by atoms with Gasteiger partial charge in [-0.15, -0.1) is 0 Å². The summed E-state index contributed by atoms with van der Waals surface area (Å²) < 4.78 is 0. The van der Waals surface area contributed by atoms with Crippen LogP contribution in [0, 0.1) is 6.92 Å². The third kappa shape index (κ3) is 2.40. The number of likely N-dealkylation sites (N-methyl/N-ethyl adjacent to an activating group) is 1. The highest BCUT2D eigenvalue weighted by molar-refractivity contribution is 5.18. The van der Waals surface area contributed by atoms with Crippen LogP contribution in [-0.2, 0) is 0 Å². The lowest BCUT2D eigenvalue weighted by atomic mass is 9.94. The van der Waals surface area contributed by atoms with E-state index in [0.29, 0.717) is 11.8 Å². The maximum absolute atomic E-state index is 4.84. The van der Waals surface area contributed by atoms with Gasteiger partial charge in [0.15, 0.2) is 0 Å². The minimum Gasteiger partial charge on any atom is -0.315 e. The van der Waals surface area contributed by atoms with E-state index in [1.807, 2.05) is 0 Å². The molecule has 0 bridgehead atoms. The highest BCUT2D eigenvalue weighted by atomic mass is 15.1. The number of aromatic nitrogens is 2. The second-order valence-electron chi connectivity index (χ2n) is 5.75. The molecule has 1 unspecified atom stereocenters. The van der Waals surface area contributed by atoms with E-state index in [-0.39, 0.29) is 0 Å². The molecular weight excluding hydrogens is 224 g/mol. The maximum Gasteiger partial charge on any atom is 0.134 e. The lowest BCUT2D eigenvalue weighted by molar-refractivity contribution is 0.248. The molecule has 0 spiro atoms. The Balaban J connectivity index is 1.84. The highest BCUT2D eigenvalue weighted by Crippen LogP contribution is 2.26. The molecule has 2 aliphatic rings. The first-order valence-corrected chi connectivity index (χ1v) is 6.97. The van der Waals surface area contributed by atoms with Gasteiger partial charge in [0.2, 0.25) is 0 Å². The number of nitrogens with zero attached hydrogens (tertiary/aromatic N) is 3. The second-order valence-corrected chi connectivity index (χ2v) is 5.75. The van der Waals surface area contributed by atoms with E-state index in [4.69, 9.17) is 4.98 Å². The Bertz CT molecular complexity index is 428. The molecule has 0 amide bonds. The molecule has 4 nitrogen and oxygen atoms in total. The van der Waals surface area contributed by atoms with Gasteiger partial charge < -0.3 is 10.2 Å². The summed E-state index contributed by atoms with van der Waals surface area (Å²) in [7, 11) is 2.21. The number of hydrogen-bond donors (Lipinski definition) is 1. The zero-order valence-electron chi connectivity index (χ0n) is 11.3. The minimum absolute atomic E-state index is 0.532. The summed E-state index contributed by atoms with van der Waals surface area (Å²) >= 11 is 0. The van der Waals surface area contributed by atoms with Gasteiger partial charge in [0, 0.05) is 42.9 Å². The zero-order chi connectivity index (χ0) is 12.5. The molecule has 1 N–H and O–H groups in total. The van der Waals surface area contributed by atoms with Crippen LogP contribution in [0.5, 0.6) is 0 Å². The molecule has 3 heterocycles. The summed E-state index contributed by atoms with van der Waals surface area (Å²) in [6.45, 7) is 6.52. The Morgan fingerprint density at radius 2 is 2.11 bits per heavy atom. The lowest BCUT2D eigenvalue weighted by Crippen LogP contribution is -2.41. The predicted molar refractivity (Wildman–Crippen MR) is 71.9 cm³/mol. The van der Waals surface area contributed by atoms with Crippen molar-refractivity contribution in [2.75, 3.05) is 33.2 Å². The molecule has 0 aromatic carbocycles. The number of nitrogens with one attached hydrogen (secondary N) is 1. The molecule has 2 saturated heterocycles. The Morgan fingerprint density at radius 1 is 1.28 bits per heavy atom. The molecule has 18 heavy (non-hydrogen) atoms. The van der Waals surface area contributed by atoms with E-state index in [0.717, 1.165) is 31.2 Å². The van der Waals surface area contributed by atoms with Crippen LogP contribution in [-0.4, -0.2) is 48.1 Å². The largest absolute Gasteiger partial charge is 0.315 e. The topological polar surface area (TPSA) is 41.1 Å². The van der Waals surface area contributed by atoms with Crippen molar-refractivity contribution in [3.63, 3.8) is 0 Å². The van der Waals surface area contributed by atoms with Crippen LogP contribution >= 0.6 is 0 Å². The van der Waals surface area contributed by atoms with Crippen molar-refractivity contribution in [1.82, 2.24) is 20.2 Å². The first kappa shape index (κ1) is 12.1. The normalized spacial score (nSPS) is 26.0. The van der Waals surface area contributed by atoms with Crippen molar-refractivity contribution >= 4 is 0 Å². The standard InChI is InChI=1S/C14H22N4/c1-10-6-13(11-4-3-5-18(2)9-11)17-14(16-10)12-7-15-8-12/h6,11-12,15H,3-5,7-9H2,1-2H3. The molecule has 0 saturated carbocycles. The Hall–Kier alpha value is -1.00. The van der Waals surface area contributed by atoms with Gasteiger partial charge >= 0.3 is 0 Å². The molecule has 1 atom stereocenters. The van der Waals surface area contributed by atoms with Crippen molar-refractivity contribution in [2.24, 2.45) is 0 Å². The van der Waals surface area contributed by atoms with Gasteiger partial charge in [-0.25, -0.2) is 9.97 Å². The molecule has 0 radical (unpaired) electrons. The van der Waals surface area contributed by atoms with Crippen molar-refractivity contribution in [3.05, 3.63) is 23.3 Å². The van der Waals surface area contributed by atoms with Gasteiger partial charge in [-0.05, 0) is 39.4 Å². The first-order valence-electron chi connectivity index (χ1n) is 6.97. The zero-order valence-corrected chi connectivity index (χ0v) is 11.3. The van der Waals surface area contributed by atoms with Crippen LogP contribution in [0.4, 0.5) is 0 Å². The van der Waals surface area contributed by atoms with Crippen molar-refractivity contribution in [3.8, 4) is 0 Å². The third-order valence-electron chi connectivity index (χ3n) is 4.08. The van der Waals surface area contributed by atoms with Gasteiger partial charge in [-0.2, -0.15) is 0 Å². The van der Waals surface area contributed by atoms with E-state index in [1.165, 1.54) is 25.1 Å². The summed E-state index contributed by atoms with van der Waals surface area (Å²) in [6.07, 6.45) is 2.55. The predicted octanol–water partition coefficient (Wildman–Crippen LogP) is 1.28. The molecule has 4 heteroatoms. The summed E-state index contributed by atoms with van der Waals surface area (Å²) in [5.74, 6) is 2.18. The van der Waals surface area contributed by atoms with Crippen LogP contribution in [0.3, 0.4) is 0 Å².